The smallest absolute Gasteiger partial charge is 0.143 e. The van der Waals surface area contributed by atoms with Crippen LogP contribution in [0.5, 0.6) is 0 Å². The molecule has 0 bridgehead atoms. The predicted octanol–water partition coefficient (Wildman–Crippen LogP) is 7.57. The Hall–Kier alpha value is -3.03. The number of hydrogen-bond acceptors (Lipinski definition) is 1. The van der Waals surface area contributed by atoms with Crippen LogP contribution < -0.4 is 0 Å². The normalized spacial score (nSPS) is 19.3. The molecule has 0 N–H and O–H groups in total. The van der Waals surface area contributed by atoms with Crippen molar-refractivity contribution in [2.75, 3.05) is 0 Å². The minimum atomic E-state index is -0.727. The number of rotatable bonds is 2. The van der Waals surface area contributed by atoms with Gasteiger partial charge in [0.15, 0.2) is 0 Å². The molecule has 0 saturated heterocycles. The third-order valence-corrected chi connectivity index (χ3v) is 3.84. The van der Waals surface area contributed by atoms with Crippen molar-refractivity contribution in [3.63, 3.8) is 0 Å². The van der Waals surface area contributed by atoms with Gasteiger partial charge in [-0.05, 0) is 40.9 Å². The van der Waals surface area contributed by atoms with E-state index < -0.39 is 129 Å². The zero-order valence-electron chi connectivity index (χ0n) is 27.8. The second kappa shape index (κ2) is 6.05. The van der Waals surface area contributed by atoms with Crippen LogP contribution in [0.15, 0.2) is 95.1 Å². The Bertz CT molecular complexity index is 1960. The van der Waals surface area contributed by atoms with Gasteiger partial charge in [0.25, 0.3) is 0 Å². The maximum atomic E-state index is 8.84. The van der Waals surface area contributed by atoms with E-state index in [-0.39, 0.29) is 10.8 Å². The highest BCUT2D eigenvalue weighted by Gasteiger charge is 2.12. The van der Waals surface area contributed by atoms with Crippen LogP contribution in [0, 0.1) is 0 Å². The number of para-hydroxylation sites is 1. The van der Waals surface area contributed by atoms with E-state index in [2.05, 4.69) is 0 Å². The van der Waals surface area contributed by atoms with Gasteiger partial charge in [-0.1, -0.05) is 78.1 Å². The minimum Gasteiger partial charge on any atom is -0.455 e. The largest absolute Gasteiger partial charge is 0.455 e. The van der Waals surface area contributed by atoms with Crippen molar-refractivity contribution in [1.29, 1.82) is 0 Å². The lowest BCUT2D eigenvalue weighted by Crippen LogP contribution is -1.77. The molecule has 0 aliphatic heterocycles. The van der Waals surface area contributed by atoms with Crippen LogP contribution in [0.25, 0.3) is 44.2 Å². The molecule has 2 heteroatoms. The first-order valence-corrected chi connectivity index (χ1v) is 7.73. The Morgan fingerprint density at radius 3 is 2.23 bits per heavy atom. The standard InChI is InChI=1S/C24H15ClO/c25-19-12-9-16(10-13-19)18-11-14-21-22-8-4-7-20(17-5-2-1-3-6-17)24(22)26-23(21)15-18/h1-15H/i1D,2D,3D,4D,5D,6D,7D,8D,9D,10D,11D,12D,13D,14D,15D. The second-order valence-electron chi connectivity index (χ2n) is 5.20. The summed E-state index contributed by atoms with van der Waals surface area (Å²) in [5, 5.41) is -1.10. The van der Waals surface area contributed by atoms with Gasteiger partial charge in [-0.2, -0.15) is 0 Å². The summed E-state index contributed by atoms with van der Waals surface area (Å²) in [6.07, 6.45) is 0. The molecule has 0 aliphatic carbocycles. The molecule has 0 fully saturated rings. The molecule has 5 rings (SSSR count). The summed E-state index contributed by atoms with van der Waals surface area (Å²) in [7, 11) is 0. The van der Waals surface area contributed by atoms with Crippen LogP contribution >= 0.6 is 11.6 Å². The van der Waals surface area contributed by atoms with E-state index in [9.17, 15) is 0 Å². The first-order valence-electron chi connectivity index (χ1n) is 14.8. The summed E-state index contributed by atoms with van der Waals surface area (Å²) in [6.45, 7) is 0. The van der Waals surface area contributed by atoms with Crippen LogP contribution in [0.3, 0.4) is 0 Å². The molecule has 0 saturated carbocycles. The number of halogens is 1. The minimum absolute atomic E-state index is 0.308. The van der Waals surface area contributed by atoms with E-state index >= 15 is 0 Å². The van der Waals surface area contributed by atoms with E-state index in [1.54, 1.807) is 0 Å². The fourth-order valence-electron chi connectivity index (χ4n) is 2.51. The summed E-state index contributed by atoms with van der Waals surface area (Å²) < 4.78 is 131. The van der Waals surface area contributed by atoms with Crippen molar-refractivity contribution < 1.29 is 25.0 Å². The molecular weight excluding hydrogens is 340 g/mol. The molecule has 1 nitrogen and oxygen atoms in total. The molecule has 0 radical (unpaired) electrons. The van der Waals surface area contributed by atoms with Crippen LogP contribution in [-0.4, -0.2) is 0 Å². The van der Waals surface area contributed by atoms with Crippen LogP contribution in [0.1, 0.15) is 20.6 Å². The van der Waals surface area contributed by atoms with Crippen molar-refractivity contribution in [2.45, 2.75) is 0 Å². The molecule has 1 aromatic heterocycles. The molecule has 0 atom stereocenters. The van der Waals surface area contributed by atoms with Gasteiger partial charge in [0, 0.05) is 21.4 Å². The Labute approximate surface area is 177 Å². The lowest BCUT2D eigenvalue weighted by Gasteiger charge is -2.01. The van der Waals surface area contributed by atoms with Crippen molar-refractivity contribution in [1.82, 2.24) is 0 Å². The first-order chi connectivity index (χ1) is 19.1. The quantitative estimate of drug-likeness (QED) is 0.312. The molecule has 0 aliphatic rings. The van der Waals surface area contributed by atoms with Gasteiger partial charge >= 0.3 is 0 Å². The van der Waals surface area contributed by atoms with Gasteiger partial charge in [0.2, 0.25) is 0 Å². The van der Waals surface area contributed by atoms with E-state index in [1.165, 1.54) is 0 Å². The van der Waals surface area contributed by atoms with Crippen molar-refractivity contribution in [3.8, 4) is 22.3 Å². The summed E-state index contributed by atoms with van der Waals surface area (Å²) in [5.74, 6) is 0. The molecule has 0 amide bonds. The van der Waals surface area contributed by atoms with E-state index in [0.29, 0.717) is 0 Å². The first kappa shape index (κ1) is 6.29. The number of fused-ring (bicyclic) bond motifs is 3. The van der Waals surface area contributed by atoms with Gasteiger partial charge in [-0.3, -0.25) is 0 Å². The Morgan fingerprint density at radius 2 is 1.42 bits per heavy atom. The highest BCUT2D eigenvalue weighted by molar-refractivity contribution is 6.30. The van der Waals surface area contributed by atoms with Crippen molar-refractivity contribution in [3.05, 3.63) is 95.7 Å². The van der Waals surface area contributed by atoms with Gasteiger partial charge < -0.3 is 4.42 Å². The number of hydrogen-bond donors (Lipinski definition) is 0. The molecule has 1 heterocycles. The van der Waals surface area contributed by atoms with Crippen LogP contribution in [0.2, 0.25) is 5.02 Å². The average Bonchev–Trinajstić information content (AvgIpc) is 3.35. The summed E-state index contributed by atoms with van der Waals surface area (Å²) >= 11 is 5.90. The lowest BCUT2D eigenvalue weighted by molar-refractivity contribution is 0.670. The second-order valence-corrected chi connectivity index (χ2v) is 5.58. The monoisotopic (exact) mass is 369 g/mol. The SMILES string of the molecule is [2H]c1c([2H])c([2H])c(-c2c([2H])c([2H])c([2H])c3c2oc2c([2H])c(-c4c([2H])c([2H])c(Cl)c([2H])c4[2H])c([2H])c([2H])c23)c([2H])c1[2H]. The van der Waals surface area contributed by atoms with Crippen LogP contribution in [0.4, 0.5) is 0 Å². The molecule has 4 aromatic carbocycles. The van der Waals surface area contributed by atoms with E-state index in [0.717, 1.165) is 0 Å². The summed E-state index contributed by atoms with van der Waals surface area (Å²) in [5.41, 5.74) is -2.83. The zero-order valence-corrected chi connectivity index (χ0v) is 13.5. The summed E-state index contributed by atoms with van der Waals surface area (Å²) in [6, 6.07) is -10.3. The highest BCUT2D eigenvalue weighted by Crippen LogP contribution is 2.37. The topological polar surface area (TPSA) is 13.1 Å². The molecular formula is C24H15ClO. The maximum absolute atomic E-state index is 8.84. The van der Waals surface area contributed by atoms with Gasteiger partial charge in [0.1, 0.15) is 11.2 Å². The van der Waals surface area contributed by atoms with E-state index in [1.807, 2.05) is 0 Å². The van der Waals surface area contributed by atoms with Gasteiger partial charge in [-0.15, -0.1) is 0 Å². The number of benzene rings is 4. The molecule has 5 aromatic rings. The van der Waals surface area contributed by atoms with Crippen molar-refractivity contribution in [2.24, 2.45) is 0 Å². The molecule has 26 heavy (non-hydrogen) atoms. The Kier molecular flexibility index (Phi) is 1.46. The Balaban J connectivity index is 2.04. The predicted molar refractivity (Wildman–Crippen MR) is 110 cm³/mol. The summed E-state index contributed by atoms with van der Waals surface area (Å²) in [4.78, 5) is 0. The Morgan fingerprint density at radius 1 is 0.654 bits per heavy atom. The third-order valence-electron chi connectivity index (χ3n) is 3.66. The molecule has 0 spiro atoms. The molecule has 124 valence electrons. The zero-order chi connectivity index (χ0) is 30.6. The average molecular weight is 370 g/mol. The maximum Gasteiger partial charge on any atom is 0.143 e. The fraction of sp³-hybridized carbons (Fsp3) is 0. The highest BCUT2D eigenvalue weighted by atomic mass is 35.5. The van der Waals surface area contributed by atoms with Gasteiger partial charge in [0.05, 0.1) is 20.6 Å². The fourth-order valence-corrected chi connectivity index (χ4v) is 2.61. The molecule has 0 unspecified atom stereocenters. The lowest BCUT2D eigenvalue weighted by atomic mass is 10.0. The van der Waals surface area contributed by atoms with Crippen LogP contribution in [-0.2, 0) is 0 Å². The number of furan rings is 1. The van der Waals surface area contributed by atoms with Gasteiger partial charge in [-0.25, -0.2) is 0 Å². The van der Waals surface area contributed by atoms with E-state index in [4.69, 9.17) is 36.6 Å². The van der Waals surface area contributed by atoms with Crippen molar-refractivity contribution >= 4 is 33.5 Å². The third kappa shape index (κ3) is 2.49.